The molecule has 0 radical (unpaired) electrons. The molecular formula is C20H21N5O6S2. The topological polar surface area (TPSA) is 160 Å². The van der Waals surface area contributed by atoms with Crippen molar-refractivity contribution in [3.8, 4) is 0 Å². The third-order valence-corrected chi connectivity index (χ3v) is 6.50. The molecule has 2 heterocycles. The van der Waals surface area contributed by atoms with Gasteiger partial charge in [0.2, 0.25) is 0 Å². The monoisotopic (exact) mass is 491 g/mol. The largest absolute Gasteiger partial charge is 0.321 e. The van der Waals surface area contributed by atoms with Crippen LogP contribution in [0.25, 0.3) is 0 Å². The van der Waals surface area contributed by atoms with Gasteiger partial charge in [-0.1, -0.05) is 42.5 Å². The van der Waals surface area contributed by atoms with Crippen LogP contribution in [0.5, 0.6) is 0 Å². The Hall–Kier alpha value is -3.84. The van der Waals surface area contributed by atoms with Gasteiger partial charge in [0, 0.05) is 6.07 Å². The zero-order valence-corrected chi connectivity index (χ0v) is 19.2. The van der Waals surface area contributed by atoms with Gasteiger partial charge in [-0.25, -0.2) is 0 Å². The highest BCUT2D eigenvalue weighted by atomic mass is 32.2. The first kappa shape index (κ1) is 23.8. The summed E-state index contributed by atoms with van der Waals surface area (Å²) in [5.74, 6) is 0. The van der Waals surface area contributed by atoms with Gasteiger partial charge < -0.3 is 0 Å². The summed E-state index contributed by atoms with van der Waals surface area (Å²) in [6, 6.07) is 19.4. The summed E-state index contributed by atoms with van der Waals surface area (Å²) in [5, 5.41) is 10.5. The lowest BCUT2D eigenvalue weighted by Gasteiger charge is -1.96. The first-order valence-electron chi connectivity index (χ1n) is 9.47. The Balaban J connectivity index is 0.000000145. The number of hydrogen-bond acceptors (Lipinski definition) is 6. The summed E-state index contributed by atoms with van der Waals surface area (Å²) >= 11 is 0. The second kappa shape index (κ2) is 9.34. The van der Waals surface area contributed by atoms with Crippen molar-refractivity contribution in [3.05, 3.63) is 88.0 Å². The molecule has 0 spiro atoms. The molecule has 5 rings (SSSR count). The molecule has 0 atom stereocenters. The molecule has 3 aromatic carbocycles. The van der Waals surface area contributed by atoms with Gasteiger partial charge in [0.05, 0.1) is 22.0 Å². The number of rotatable bonds is 1. The number of para-hydroxylation sites is 3. The summed E-state index contributed by atoms with van der Waals surface area (Å²) in [6.07, 6.45) is 0. The van der Waals surface area contributed by atoms with Crippen LogP contribution in [0.4, 0.5) is 28.4 Å². The van der Waals surface area contributed by atoms with Gasteiger partial charge >= 0.3 is 20.4 Å². The summed E-state index contributed by atoms with van der Waals surface area (Å²) in [4.78, 5) is 9.87. The number of fused-ring (bicyclic) bond motifs is 2. The molecule has 0 saturated heterocycles. The maximum Gasteiger partial charge on any atom is 0.321 e. The lowest BCUT2D eigenvalue weighted by molar-refractivity contribution is -0.383. The first-order chi connectivity index (χ1) is 15.5. The number of nitrogens with zero attached hydrogens (tertiary/aromatic N) is 1. The van der Waals surface area contributed by atoms with Crippen LogP contribution >= 0.6 is 0 Å². The number of nitro benzene ring substituents is 1. The molecular weight excluding hydrogens is 470 g/mol. The minimum atomic E-state index is -3.67. The Morgan fingerprint density at radius 1 is 0.636 bits per heavy atom. The maximum absolute atomic E-state index is 11.0. The van der Waals surface area contributed by atoms with Gasteiger partial charge in [-0.3, -0.25) is 29.0 Å². The Morgan fingerprint density at radius 3 is 1.55 bits per heavy atom. The Bertz CT molecular complexity index is 1360. The summed E-state index contributed by atoms with van der Waals surface area (Å²) in [6.45, 7) is 4.24. The molecule has 2 aliphatic heterocycles. The summed E-state index contributed by atoms with van der Waals surface area (Å²) in [7, 11) is -6.97. The predicted octanol–water partition coefficient (Wildman–Crippen LogP) is 3.75. The molecule has 0 unspecified atom stereocenters. The normalized spacial score (nSPS) is 15.3. The molecule has 11 nitrogen and oxygen atoms in total. The Kier molecular flexibility index (Phi) is 6.74. The predicted molar refractivity (Wildman–Crippen MR) is 128 cm³/mol. The maximum atomic E-state index is 11.0. The van der Waals surface area contributed by atoms with Crippen molar-refractivity contribution < 1.29 is 21.8 Å². The van der Waals surface area contributed by atoms with Crippen LogP contribution in [0.3, 0.4) is 0 Å². The van der Waals surface area contributed by atoms with Crippen molar-refractivity contribution in [2.75, 3.05) is 18.9 Å². The van der Waals surface area contributed by atoms with Gasteiger partial charge in [0.15, 0.2) is 5.69 Å². The van der Waals surface area contributed by atoms with Crippen molar-refractivity contribution in [3.63, 3.8) is 0 Å². The highest BCUT2D eigenvalue weighted by Crippen LogP contribution is 2.37. The SMILES string of the molecule is Cc1ccccc1C.O=S1(=O)Nc2ccccc2N1.O=[N+]([O-])c1cccc2c1NS(=O)(=O)N2. The number of nitrogens with one attached hydrogen (secondary N) is 4. The average molecular weight is 492 g/mol. The van der Waals surface area contributed by atoms with Gasteiger partial charge in [0.1, 0.15) is 0 Å². The zero-order chi connectivity index (χ0) is 24.2. The van der Waals surface area contributed by atoms with Crippen molar-refractivity contribution in [2.24, 2.45) is 0 Å². The summed E-state index contributed by atoms with van der Waals surface area (Å²) < 4.78 is 52.6. The number of nitro groups is 1. The highest BCUT2D eigenvalue weighted by Gasteiger charge is 2.29. The Morgan fingerprint density at radius 2 is 1.06 bits per heavy atom. The van der Waals surface area contributed by atoms with E-state index >= 15 is 0 Å². The van der Waals surface area contributed by atoms with E-state index in [2.05, 4.69) is 52.3 Å². The van der Waals surface area contributed by atoms with E-state index in [-0.39, 0.29) is 17.1 Å². The van der Waals surface area contributed by atoms with Crippen LogP contribution in [0.15, 0.2) is 66.7 Å². The molecule has 2 aliphatic rings. The molecule has 0 bridgehead atoms. The third-order valence-electron chi connectivity index (χ3n) is 4.56. The van der Waals surface area contributed by atoms with Crippen molar-refractivity contribution >= 4 is 48.9 Å². The van der Waals surface area contributed by atoms with Gasteiger partial charge in [-0.2, -0.15) is 16.8 Å². The van der Waals surface area contributed by atoms with Crippen LogP contribution in [0, 0.1) is 24.0 Å². The molecule has 0 amide bonds. The molecule has 13 heteroatoms. The van der Waals surface area contributed by atoms with E-state index in [0.717, 1.165) is 0 Å². The molecule has 0 aliphatic carbocycles. The minimum absolute atomic E-state index is 0.0162. The summed E-state index contributed by atoms with van der Waals surface area (Å²) in [5.41, 5.74) is 3.85. The van der Waals surface area contributed by atoms with Gasteiger partial charge in [-0.05, 0) is 43.2 Å². The molecule has 174 valence electrons. The first-order valence-corrected chi connectivity index (χ1v) is 12.4. The lowest BCUT2D eigenvalue weighted by Crippen LogP contribution is -2.13. The van der Waals surface area contributed by atoms with Crippen LogP contribution in [-0.4, -0.2) is 21.8 Å². The average Bonchev–Trinajstić information content (AvgIpc) is 3.23. The minimum Gasteiger partial charge on any atom is -0.265 e. The number of aryl methyl sites for hydroxylation is 2. The second-order valence-electron chi connectivity index (χ2n) is 7.00. The van der Waals surface area contributed by atoms with E-state index in [1.165, 1.54) is 29.3 Å². The van der Waals surface area contributed by atoms with E-state index < -0.39 is 25.3 Å². The van der Waals surface area contributed by atoms with E-state index in [1.54, 1.807) is 24.3 Å². The van der Waals surface area contributed by atoms with E-state index in [9.17, 15) is 26.9 Å². The van der Waals surface area contributed by atoms with Crippen molar-refractivity contribution in [1.82, 2.24) is 0 Å². The molecule has 0 fully saturated rings. The molecule has 33 heavy (non-hydrogen) atoms. The smallest absolute Gasteiger partial charge is 0.265 e. The van der Waals surface area contributed by atoms with E-state index in [4.69, 9.17) is 0 Å². The fourth-order valence-electron chi connectivity index (χ4n) is 2.83. The number of hydrogen-bond donors (Lipinski definition) is 4. The molecule has 0 aromatic heterocycles. The molecule has 4 N–H and O–H groups in total. The molecule has 3 aromatic rings. The standard InChI is InChI=1S/C8H10.C6H5N3O4S.C6H6N2O2S/c1-7-5-3-4-6-8(7)2;10-9(11)5-3-1-2-4-6(5)8-14(12,13)7-4;9-11(10)7-5-3-1-2-4-6(5)8-11/h3-6H,1-2H3;1-3,7-8H;1-4,7-8H. The Labute approximate surface area is 191 Å². The van der Waals surface area contributed by atoms with Gasteiger partial charge in [0.25, 0.3) is 5.69 Å². The van der Waals surface area contributed by atoms with Crippen LogP contribution in [0.2, 0.25) is 0 Å². The van der Waals surface area contributed by atoms with Crippen LogP contribution < -0.4 is 18.9 Å². The van der Waals surface area contributed by atoms with E-state index in [1.807, 2.05) is 4.72 Å². The fourth-order valence-corrected chi connectivity index (χ4v) is 4.81. The zero-order valence-electron chi connectivity index (χ0n) is 17.6. The highest BCUT2D eigenvalue weighted by molar-refractivity contribution is 7.94. The van der Waals surface area contributed by atoms with Gasteiger partial charge in [-0.15, -0.1) is 0 Å². The lowest BCUT2D eigenvalue weighted by atomic mass is 10.1. The van der Waals surface area contributed by atoms with Crippen molar-refractivity contribution in [1.29, 1.82) is 0 Å². The van der Waals surface area contributed by atoms with Crippen LogP contribution in [0.1, 0.15) is 11.1 Å². The van der Waals surface area contributed by atoms with Crippen LogP contribution in [-0.2, 0) is 20.4 Å². The number of anilines is 4. The fraction of sp³-hybridized carbons (Fsp3) is 0.100. The third kappa shape index (κ3) is 6.11. The quantitative estimate of drug-likeness (QED) is 0.300. The second-order valence-corrected chi connectivity index (χ2v) is 9.83. The van der Waals surface area contributed by atoms with Crippen molar-refractivity contribution in [2.45, 2.75) is 13.8 Å². The molecule has 0 saturated carbocycles. The number of benzene rings is 3. The van der Waals surface area contributed by atoms with E-state index in [0.29, 0.717) is 11.4 Å².